The number of aromatic nitrogens is 2. The molecule has 5 heteroatoms. The molecule has 0 bridgehead atoms. The van der Waals surface area contributed by atoms with Gasteiger partial charge in [-0.25, -0.2) is 4.98 Å². The molecule has 0 aliphatic carbocycles. The van der Waals surface area contributed by atoms with Crippen molar-refractivity contribution in [3.63, 3.8) is 0 Å². The van der Waals surface area contributed by atoms with E-state index in [1.165, 1.54) is 128 Å². The predicted molar refractivity (Wildman–Crippen MR) is 178 cm³/mol. The van der Waals surface area contributed by atoms with Crippen molar-refractivity contribution in [2.75, 3.05) is 34.7 Å². The number of rotatable bonds is 25. The van der Waals surface area contributed by atoms with E-state index >= 15 is 0 Å². The molecule has 1 amide bonds. The van der Waals surface area contributed by atoms with E-state index in [-0.39, 0.29) is 5.91 Å². The second kappa shape index (κ2) is 21.8. The molecule has 2 rings (SSSR count). The van der Waals surface area contributed by atoms with Crippen molar-refractivity contribution in [2.24, 2.45) is 0 Å². The van der Waals surface area contributed by atoms with Gasteiger partial charge < -0.3 is 14.4 Å². The van der Waals surface area contributed by atoms with E-state index in [1.54, 1.807) is 19.0 Å². The fraction of sp³-hybridized carbons (Fsp3) is 0.778. The number of hydrogen-bond donors (Lipinski definition) is 0. The zero-order valence-corrected chi connectivity index (χ0v) is 27.7. The Balaban J connectivity index is 1.59. The largest absolute Gasteiger partial charge is 0.345 e. The number of benzene rings is 1. The molecule has 1 heterocycles. The highest BCUT2D eigenvalue weighted by Gasteiger charge is 2.14. The maximum atomic E-state index is 12.5. The molecule has 0 N–H and O–H groups in total. The van der Waals surface area contributed by atoms with Gasteiger partial charge in [0.1, 0.15) is 5.82 Å². The van der Waals surface area contributed by atoms with Crippen LogP contribution >= 0.6 is 0 Å². The highest BCUT2D eigenvalue weighted by molar-refractivity contribution is 5.97. The van der Waals surface area contributed by atoms with Gasteiger partial charge in [0, 0.05) is 32.6 Å². The zero-order chi connectivity index (χ0) is 29.7. The quantitative estimate of drug-likeness (QED) is 0.112. The van der Waals surface area contributed by atoms with Crippen LogP contribution in [0.1, 0.15) is 152 Å². The molecular weight excluding hydrogens is 504 g/mol. The lowest BCUT2D eigenvalue weighted by atomic mass is 10.0. The number of nitrogens with zero attached hydrogens (tertiary/aromatic N) is 4. The normalized spacial score (nSPS) is 11.7. The molecule has 234 valence electrons. The minimum Gasteiger partial charge on any atom is -0.345 e. The number of hydrogen-bond acceptors (Lipinski definition) is 3. The summed E-state index contributed by atoms with van der Waals surface area (Å²) in [6.07, 6.45) is 28.8. The Kier molecular flexibility index (Phi) is 18.8. The fourth-order valence-electron chi connectivity index (χ4n) is 5.92. The second-order valence-electron chi connectivity index (χ2n) is 12.9. The van der Waals surface area contributed by atoms with E-state index in [4.69, 9.17) is 4.98 Å². The highest BCUT2D eigenvalue weighted by atomic mass is 16.2. The minimum absolute atomic E-state index is 0.0365. The summed E-state index contributed by atoms with van der Waals surface area (Å²) < 4.78 is 2.40. The van der Waals surface area contributed by atoms with Crippen LogP contribution in [-0.4, -0.2) is 60.0 Å². The van der Waals surface area contributed by atoms with Crippen molar-refractivity contribution in [1.29, 1.82) is 0 Å². The van der Waals surface area contributed by atoms with Crippen LogP contribution < -0.4 is 0 Å². The van der Waals surface area contributed by atoms with E-state index in [1.807, 2.05) is 12.1 Å². The van der Waals surface area contributed by atoms with Crippen molar-refractivity contribution < 1.29 is 4.79 Å². The number of amides is 1. The van der Waals surface area contributed by atoms with Crippen LogP contribution in [0.15, 0.2) is 18.2 Å². The summed E-state index contributed by atoms with van der Waals surface area (Å²) in [5, 5.41) is 0. The van der Waals surface area contributed by atoms with Gasteiger partial charge in [0.05, 0.1) is 11.0 Å². The molecule has 0 unspecified atom stereocenters. The first-order valence-corrected chi connectivity index (χ1v) is 17.3. The molecule has 0 radical (unpaired) electrons. The summed E-state index contributed by atoms with van der Waals surface area (Å²) >= 11 is 0. The summed E-state index contributed by atoms with van der Waals surface area (Å²) in [7, 11) is 7.87. The average Bonchev–Trinajstić information content (AvgIpc) is 3.30. The van der Waals surface area contributed by atoms with Crippen LogP contribution in [0.2, 0.25) is 0 Å². The van der Waals surface area contributed by atoms with Gasteiger partial charge in [-0.15, -0.1) is 0 Å². The number of fused-ring (bicyclic) bond motifs is 1. The van der Waals surface area contributed by atoms with E-state index in [9.17, 15) is 4.79 Å². The van der Waals surface area contributed by atoms with Crippen LogP contribution in [0.25, 0.3) is 11.0 Å². The van der Waals surface area contributed by atoms with Gasteiger partial charge in [-0.05, 0) is 51.7 Å². The van der Waals surface area contributed by atoms with Gasteiger partial charge in [0.2, 0.25) is 0 Å². The Labute approximate surface area is 253 Å². The average molecular weight is 569 g/mol. The number of imidazole rings is 1. The van der Waals surface area contributed by atoms with Gasteiger partial charge in [0.25, 0.3) is 5.91 Å². The van der Waals surface area contributed by atoms with Gasteiger partial charge in [-0.1, -0.05) is 122 Å². The van der Waals surface area contributed by atoms with Gasteiger partial charge >= 0.3 is 0 Å². The van der Waals surface area contributed by atoms with E-state index in [0.29, 0.717) is 0 Å². The Morgan fingerprint density at radius 2 is 1.17 bits per heavy atom. The molecule has 0 atom stereocenters. The summed E-state index contributed by atoms with van der Waals surface area (Å²) in [4.78, 5) is 21.4. The zero-order valence-electron chi connectivity index (χ0n) is 27.7. The van der Waals surface area contributed by atoms with Gasteiger partial charge in [-0.3, -0.25) is 4.79 Å². The van der Waals surface area contributed by atoms with Gasteiger partial charge in [-0.2, -0.15) is 0 Å². The van der Waals surface area contributed by atoms with Crippen LogP contribution in [0, 0.1) is 0 Å². The Morgan fingerprint density at radius 1 is 0.683 bits per heavy atom. The summed E-state index contributed by atoms with van der Waals surface area (Å²) in [6, 6.07) is 6.02. The van der Waals surface area contributed by atoms with Crippen molar-refractivity contribution in [1.82, 2.24) is 19.4 Å². The van der Waals surface area contributed by atoms with Crippen molar-refractivity contribution in [3.8, 4) is 0 Å². The monoisotopic (exact) mass is 569 g/mol. The third-order valence-corrected chi connectivity index (χ3v) is 8.47. The smallest absolute Gasteiger partial charge is 0.253 e. The first-order chi connectivity index (χ1) is 19.9. The third-order valence-electron chi connectivity index (χ3n) is 8.47. The molecular formula is C36H64N4O. The third kappa shape index (κ3) is 14.7. The van der Waals surface area contributed by atoms with Crippen molar-refractivity contribution in [2.45, 2.75) is 148 Å². The summed E-state index contributed by atoms with van der Waals surface area (Å²) in [6.45, 7) is 4.34. The Morgan fingerprint density at radius 3 is 1.63 bits per heavy atom. The maximum absolute atomic E-state index is 12.5. The molecule has 2 aromatic rings. The van der Waals surface area contributed by atoms with Crippen LogP contribution in [0.4, 0.5) is 0 Å². The summed E-state index contributed by atoms with van der Waals surface area (Å²) in [5.41, 5.74) is 2.83. The molecule has 0 saturated heterocycles. The lowest BCUT2D eigenvalue weighted by molar-refractivity contribution is 0.0827. The van der Waals surface area contributed by atoms with E-state index < -0.39 is 0 Å². The molecule has 41 heavy (non-hydrogen) atoms. The predicted octanol–water partition coefficient (Wildman–Crippen LogP) is 9.66. The molecule has 0 fully saturated rings. The molecule has 0 aliphatic rings. The molecule has 5 nitrogen and oxygen atoms in total. The number of carbonyl (C=O) groups excluding carboxylic acids is 1. The number of aryl methyl sites for hydroxylation is 2. The van der Waals surface area contributed by atoms with Crippen LogP contribution in [0.3, 0.4) is 0 Å². The molecule has 1 aromatic carbocycles. The SMILES string of the molecule is CCCCCCCCCCCCCCCCCCCCCc1nc2cc(C(=O)N(C)C)ccc2n1CCCN(C)C. The Hall–Kier alpha value is -1.88. The van der Waals surface area contributed by atoms with E-state index in [0.717, 1.165) is 42.5 Å². The van der Waals surface area contributed by atoms with Crippen molar-refractivity contribution in [3.05, 3.63) is 29.6 Å². The maximum Gasteiger partial charge on any atom is 0.253 e. The van der Waals surface area contributed by atoms with Gasteiger partial charge in [0.15, 0.2) is 0 Å². The first kappa shape index (κ1) is 35.3. The summed E-state index contributed by atoms with van der Waals surface area (Å²) in [5.74, 6) is 1.22. The molecule has 1 aromatic heterocycles. The Bertz CT molecular complexity index is 948. The van der Waals surface area contributed by atoms with E-state index in [2.05, 4.69) is 36.6 Å². The highest BCUT2D eigenvalue weighted by Crippen LogP contribution is 2.22. The first-order valence-electron chi connectivity index (χ1n) is 17.3. The minimum atomic E-state index is 0.0365. The number of unbranched alkanes of at least 4 members (excludes halogenated alkanes) is 18. The van der Waals surface area contributed by atoms with Crippen LogP contribution in [-0.2, 0) is 13.0 Å². The molecule has 0 aliphatic heterocycles. The molecule has 0 saturated carbocycles. The van der Waals surface area contributed by atoms with Crippen molar-refractivity contribution >= 4 is 16.9 Å². The second-order valence-corrected chi connectivity index (χ2v) is 12.9. The lowest BCUT2D eigenvalue weighted by Crippen LogP contribution is -2.21. The lowest BCUT2D eigenvalue weighted by Gasteiger charge is -2.13. The number of carbonyl (C=O) groups is 1. The topological polar surface area (TPSA) is 41.4 Å². The standard InChI is InChI=1S/C36H64N4O/c1-6-7-8-9-10-11-12-13-14-15-16-17-18-19-20-21-22-23-24-26-35-37-33-31-32(36(41)39(4)5)27-28-34(33)40(35)30-25-29-38(2)3/h27-28,31H,6-26,29-30H2,1-5H3. The fourth-order valence-corrected chi connectivity index (χ4v) is 5.92. The molecule has 0 spiro atoms. The van der Waals surface area contributed by atoms with Crippen LogP contribution in [0.5, 0.6) is 0 Å².